The lowest BCUT2D eigenvalue weighted by atomic mass is 10.3. The van der Waals surface area contributed by atoms with E-state index in [0.717, 1.165) is 0 Å². The molecule has 0 aliphatic heterocycles. The summed E-state index contributed by atoms with van der Waals surface area (Å²) in [6.07, 6.45) is 0. The van der Waals surface area contributed by atoms with Crippen LogP contribution < -0.4 is 5.73 Å². The fourth-order valence-corrected chi connectivity index (χ4v) is 1.43. The van der Waals surface area contributed by atoms with Gasteiger partial charge in [-0.1, -0.05) is 6.92 Å². The van der Waals surface area contributed by atoms with E-state index in [2.05, 4.69) is 4.74 Å². The maximum Gasteiger partial charge on any atom is 0.309 e. The Balaban J connectivity index is 2.40. The molecule has 0 heterocycles. The van der Waals surface area contributed by atoms with E-state index >= 15 is 0 Å². The Morgan fingerprint density at radius 2 is 2.30 bits per heavy atom. The summed E-state index contributed by atoms with van der Waals surface area (Å²) in [4.78, 5) is 10.9. The fourth-order valence-electron chi connectivity index (χ4n) is 1.43. The first-order valence-corrected chi connectivity index (χ1v) is 3.50. The van der Waals surface area contributed by atoms with Crippen LogP contribution in [0.1, 0.15) is 6.92 Å². The van der Waals surface area contributed by atoms with E-state index in [-0.39, 0.29) is 11.9 Å². The molecule has 58 valence electrons. The van der Waals surface area contributed by atoms with Gasteiger partial charge in [-0.3, -0.25) is 4.79 Å². The van der Waals surface area contributed by atoms with Gasteiger partial charge in [0.25, 0.3) is 0 Å². The predicted molar refractivity (Wildman–Crippen MR) is 37.2 cm³/mol. The van der Waals surface area contributed by atoms with Crippen molar-refractivity contribution in [2.75, 3.05) is 13.7 Å². The summed E-state index contributed by atoms with van der Waals surface area (Å²) < 4.78 is 4.58. The number of carbonyl (C=O) groups excluding carboxylic acids is 1. The summed E-state index contributed by atoms with van der Waals surface area (Å²) in [7, 11) is 1.42. The number of hydrogen-bond acceptors (Lipinski definition) is 3. The third-order valence-electron chi connectivity index (χ3n) is 2.31. The van der Waals surface area contributed by atoms with Crippen LogP contribution in [0.15, 0.2) is 0 Å². The van der Waals surface area contributed by atoms with Crippen molar-refractivity contribution in [2.24, 2.45) is 23.5 Å². The molecule has 1 rings (SSSR count). The van der Waals surface area contributed by atoms with E-state index in [4.69, 9.17) is 5.73 Å². The smallest absolute Gasteiger partial charge is 0.309 e. The van der Waals surface area contributed by atoms with E-state index < -0.39 is 0 Å². The minimum Gasteiger partial charge on any atom is -0.469 e. The van der Waals surface area contributed by atoms with E-state index in [9.17, 15) is 4.79 Å². The van der Waals surface area contributed by atoms with Crippen LogP contribution in [-0.4, -0.2) is 19.6 Å². The van der Waals surface area contributed by atoms with Crippen molar-refractivity contribution in [1.82, 2.24) is 0 Å². The van der Waals surface area contributed by atoms with Crippen molar-refractivity contribution in [1.29, 1.82) is 0 Å². The van der Waals surface area contributed by atoms with Crippen LogP contribution in [0.3, 0.4) is 0 Å². The average molecular weight is 143 g/mol. The van der Waals surface area contributed by atoms with Crippen molar-refractivity contribution in [3.8, 4) is 0 Å². The Kier molecular flexibility index (Phi) is 1.94. The van der Waals surface area contributed by atoms with E-state index in [1.54, 1.807) is 0 Å². The molecule has 3 nitrogen and oxygen atoms in total. The highest BCUT2D eigenvalue weighted by atomic mass is 16.5. The number of hydrogen-bond donors (Lipinski definition) is 1. The number of nitrogens with two attached hydrogens (primary N) is 1. The molecule has 0 aromatic rings. The lowest BCUT2D eigenvalue weighted by molar-refractivity contribution is -0.142. The second kappa shape index (κ2) is 2.58. The van der Waals surface area contributed by atoms with Gasteiger partial charge in [-0.25, -0.2) is 0 Å². The average Bonchev–Trinajstić information content (AvgIpc) is 2.59. The molecule has 10 heavy (non-hydrogen) atoms. The molecule has 0 aromatic heterocycles. The molecule has 1 fully saturated rings. The van der Waals surface area contributed by atoms with Crippen LogP contribution in [0.2, 0.25) is 0 Å². The fraction of sp³-hybridized carbons (Fsp3) is 0.857. The summed E-state index contributed by atoms with van der Waals surface area (Å²) in [5.41, 5.74) is 5.40. The SMILES string of the molecule is COC(=O)C1C(C)C1CN. The Morgan fingerprint density at radius 3 is 2.60 bits per heavy atom. The largest absolute Gasteiger partial charge is 0.469 e. The van der Waals surface area contributed by atoms with Crippen molar-refractivity contribution in [3.05, 3.63) is 0 Å². The van der Waals surface area contributed by atoms with Crippen LogP contribution >= 0.6 is 0 Å². The zero-order valence-corrected chi connectivity index (χ0v) is 6.33. The lowest BCUT2D eigenvalue weighted by Gasteiger charge is -1.93. The number of esters is 1. The highest BCUT2D eigenvalue weighted by Crippen LogP contribution is 2.45. The Labute approximate surface area is 60.5 Å². The zero-order valence-electron chi connectivity index (χ0n) is 6.33. The van der Waals surface area contributed by atoms with Gasteiger partial charge in [0.1, 0.15) is 0 Å². The van der Waals surface area contributed by atoms with Gasteiger partial charge in [0.05, 0.1) is 13.0 Å². The minimum absolute atomic E-state index is 0.0787. The number of carbonyl (C=O) groups is 1. The van der Waals surface area contributed by atoms with E-state index in [1.807, 2.05) is 6.92 Å². The van der Waals surface area contributed by atoms with E-state index in [0.29, 0.717) is 18.4 Å². The molecule has 0 spiro atoms. The maximum atomic E-state index is 10.9. The third-order valence-corrected chi connectivity index (χ3v) is 2.31. The van der Waals surface area contributed by atoms with Crippen molar-refractivity contribution in [2.45, 2.75) is 6.92 Å². The first-order chi connectivity index (χ1) is 4.72. The van der Waals surface area contributed by atoms with Gasteiger partial charge in [0.2, 0.25) is 0 Å². The summed E-state index contributed by atoms with van der Waals surface area (Å²) in [6.45, 7) is 2.63. The van der Waals surface area contributed by atoms with Gasteiger partial charge in [0.15, 0.2) is 0 Å². The molecule has 0 radical (unpaired) electrons. The first-order valence-electron chi connectivity index (χ1n) is 3.50. The first kappa shape index (κ1) is 7.54. The molecule has 0 saturated heterocycles. The standard InChI is InChI=1S/C7H13NO2/c1-4-5(3-8)6(4)7(9)10-2/h4-6H,3,8H2,1-2H3. The van der Waals surface area contributed by atoms with Gasteiger partial charge in [-0.2, -0.15) is 0 Å². The monoisotopic (exact) mass is 143 g/mol. The topological polar surface area (TPSA) is 52.3 Å². The summed E-state index contributed by atoms with van der Waals surface area (Å²) in [5.74, 6) is 0.767. The quantitative estimate of drug-likeness (QED) is 0.553. The predicted octanol–water partition coefficient (Wildman–Crippen LogP) is 0.000200. The molecule has 1 aliphatic carbocycles. The van der Waals surface area contributed by atoms with Gasteiger partial charge in [-0.15, -0.1) is 0 Å². The molecule has 3 unspecified atom stereocenters. The Morgan fingerprint density at radius 1 is 1.70 bits per heavy atom. The lowest BCUT2D eigenvalue weighted by Crippen LogP contribution is -2.09. The number of rotatable bonds is 2. The van der Waals surface area contributed by atoms with Crippen molar-refractivity contribution in [3.63, 3.8) is 0 Å². The van der Waals surface area contributed by atoms with Crippen LogP contribution in [-0.2, 0) is 9.53 Å². The Hall–Kier alpha value is -0.570. The summed E-state index contributed by atoms with van der Waals surface area (Å²) >= 11 is 0. The molecule has 0 aromatic carbocycles. The van der Waals surface area contributed by atoms with Gasteiger partial charge in [0, 0.05) is 0 Å². The molecule has 3 atom stereocenters. The molecule has 1 saturated carbocycles. The van der Waals surface area contributed by atoms with Crippen molar-refractivity contribution < 1.29 is 9.53 Å². The highest BCUT2D eigenvalue weighted by Gasteiger charge is 2.51. The molecular formula is C7H13NO2. The van der Waals surface area contributed by atoms with Gasteiger partial charge < -0.3 is 10.5 Å². The third kappa shape index (κ3) is 1.01. The summed E-state index contributed by atoms with van der Waals surface area (Å²) in [5, 5.41) is 0. The zero-order chi connectivity index (χ0) is 7.72. The van der Waals surface area contributed by atoms with Crippen molar-refractivity contribution >= 4 is 5.97 Å². The van der Waals surface area contributed by atoms with Gasteiger partial charge >= 0.3 is 5.97 Å². The molecule has 0 bridgehead atoms. The molecular weight excluding hydrogens is 130 g/mol. The molecule has 2 N–H and O–H groups in total. The summed E-state index contributed by atoms with van der Waals surface area (Å²) in [6, 6.07) is 0. The van der Waals surface area contributed by atoms with Crippen LogP contribution in [0.5, 0.6) is 0 Å². The van der Waals surface area contributed by atoms with Crippen LogP contribution in [0.25, 0.3) is 0 Å². The van der Waals surface area contributed by atoms with Crippen LogP contribution in [0, 0.1) is 17.8 Å². The molecule has 3 heteroatoms. The number of ether oxygens (including phenoxy) is 1. The second-order valence-corrected chi connectivity index (χ2v) is 2.81. The van der Waals surface area contributed by atoms with E-state index in [1.165, 1.54) is 7.11 Å². The molecule has 1 aliphatic rings. The van der Waals surface area contributed by atoms with Gasteiger partial charge in [-0.05, 0) is 18.4 Å². The normalized spacial score (nSPS) is 37.3. The highest BCUT2D eigenvalue weighted by molar-refractivity contribution is 5.76. The second-order valence-electron chi connectivity index (χ2n) is 2.81. The molecule has 0 amide bonds. The number of methoxy groups -OCH3 is 1. The van der Waals surface area contributed by atoms with Crippen LogP contribution in [0.4, 0.5) is 0 Å². The Bertz CT molecular complexity index is 147. The maximum absolute atomic E-state index is 10.9. The minimum atomic E-state index is -0.108.